The number of aliphatic hydroxyl groups excluding tert-OH is 1. The highest BCUT2D eigenvalue weighted by Crippen LogP contribution is 2.25. The minimum absolute atomic E-state index is 0.0170. The molecule has 8 heteroatoms. The number of aromatic nitrogens is 1. The van der Waals surface area contributed by atoms with Crippen molar-refractivity contribution in [3.8, 4) is 0 Å². The fraction of sp³-hybridized carbons (Fsp3) is 0.417. The van der Waals surface area contributed by atoms with Crippen LogP contribution in [0.4, 0.5) is 0 Å². The predicted molar refractivity (Wildman–Crippen MR) is 71.7 cm³/mol. The van der Waals surface area contributed by atoms with Crippen LogP contribution in [0.15, 0.2) is 12.1 Å². The van der Waals surface area contributed by atoms with Crippen LogP contribution in [0.2, 0.25) is 10.2 Å². The number of nitrogens with zero attached hydrogens (tertiary/aromatic N) is 2. The lowest BCUT2D eigenvalue weighted by atomic mass is 10.2. The van der Waals surface area contributed by atoms with Crippen molar-refractivity contribution in [1.82, 2.24) is 9.88 Å². The average Bonchev–Trinajstić information content (AvgIpc) is 2.82. The molecular weight excluding hydrogens is 307 g/mol. The molecule has 1 amide bonds. The van der Waals surface area contributed by atoms with Gasteiger partial charge in [0.15, 0.2) is 0 Å². The summed E-state index contributed by atoms with van der Waals surface area (Å²) in [4.78, 5) is 29.1. The topological polar surface area (TPSA) is 79.7 Å². The van der Waals surface area contributed by atoms with Gasteiger partial charge in [-0.1, -0.05) is 23.2 Å². The molecular formula is C12H12Cl2N2O4. The molecule has 0 radical (unpaired) electrons. The lowest BCUT2D eigenvalue weighted by Crippen LogP contribution is -2.41. The fourth-order valence-corrected chi connectivity index (χ4v) is 2.44. The minimum Gasteiger partial charge on any atom is -0.467 e. The summed E-state index contributed by atoms with van der Waals surface area (Å²) in [6, 6.07) is 2.06. The van der Waals surface area contributed by atoms with E-state index in [9.17, 15) is 14.7 Å². The van der Waals surface area contributed by atoms with Crippen molar-refractivity contribution in [3.05, 3.63) is 28.0 Å². The molecule has 2 unspecified atom stereocenters. The van der Waals surface area contributed by atoms with E-state index in [1.807, 2.05) is 0 Å². The second-order valence-electron chi connectivity index (χ2n) is 4.35. The predicted octanol–water partition coefficient (Wildman–Crippen LogP) is 1.14. The van der Waals surface area contributed by atoms with E-state index < -0.39 is 24.0 Å². The molecule has 1 fully saturated rings. The number of ether oxygens (including phenoxy) is 1. The van der Waals surface area contributed by atoms with Crippen LogP contribution in [0.5, 0.6) is 0 Å². The van der Waals surface area contributed by atoms with Gasteiger partial charge >= 0.3 is 5.97 Å². The van der Waals surface area contributed by atoms with E-state index >= 15 is 0 Å². The molecule has 1 saturated heterocycles. The minimum atomic E-state index is -0.848. The number of β-amino-alcohol motifs (C(OH)–C–C–N with tert-alkyl or cyclic N) is 1. The molecule has 0 aromatic carbocycles. The third kappa shape index (κ3) is 2.87. The molecule has 108 valence electrons. The number of amides is 1. The summed E-state index contributed by atoms with van der Waals surface area (Å²) >= 11 is 11.7. The Morgan fingerprint density at radius 2 is 2.15 bits per heavy atom. The Labute approximate surface area is 125 Å². The van der Waals surface area contributed by atoms with Crippen LogP contribution >= 0.6 is 23.2 Å². The fourth-order valence-electron chi connectivity index (χ4n) is 2.10. The highest BCUT2D eigenvalue weighted by molar-refractivity contribution is 6.34. The first-order chi connectivity index (χ1) is 9.43. The Balaban J connectivity index is 2.31. The summed E-state index contributed by atoms with van der Waals surface area (Å²) < 4.78 is 4.63. The van der Waals surface area contributed by atoms with Crippen LogP contribution in [0.1, 0.15) is 16.9 Å². The molecule has 2 atom stereocenters. The van der Waals surface area contributed by atoms with Gasteiger partial charge < -0.3 is 14.7 Å². The van der Waals surface area contributed by atoms with E-state index in [2.05, 4.69) is 9.72 Å². The molecule has 1 aliphatic heterocycles. The van der Waals surface area contributed by atoms with Crippen LogP contribution in [-0.4, -0.2) is 52.7 Å². The van der Waals surface area contributed by atoms with Crippen LogP contribution in [0, 0.1) is 0 Å². The van der Waals surface area contributed by atoms with E-state index in [0.717, 1.165) is 0 Å². The van der Waals surface area contributed by atoms with Crippen molar-refractivity contribution in [2.75, 3.05) is 13.7 Å². The van der Waals surface area contributed by atoms with Gasteiger partial charge in [0.25, 0.3) is 5.91 Å². The number of hydrogen-bond acceptors (Lipinski definition) is 5. The van der Waals surface area contributed by atoms with Gasteiger partial charge in [0.2, 0.25) is 0 Å². The summed E-state index contributed by atoms with van der Waals surface area (Å²) in [6.45, 7) is 0.0170. The molecule has 1 aliphatic rings. The Kier molecular flexibility index (Phi) is 4.47. The number of carbonyl (C=O) groups is 2. The van der Waals surface area contributed by atoms with Crippen molar-refractivity contribution in [2.24, 2.45) is 0 Å². The van der Waals surface area contributed by atoms with Gasteiger partial charge in [0.1, 0.15) is 16.9 Å². The van der Waals surface area contributed by atoms with Crippen molar-refractivity contribution in [1.29, 1.82) is 0 Å². The van der Waals surface area contributed by atoms with E-state index in [0.29, 0.717) is 0 Å². The lowest BCUT2D eigenvalue weighted by Gasteiger charge is -2.22. The first-order valence-electron chi connectivity index (χ1n) is 5.83. The Morgan fingerprint density at radius 3 is 2.80 bits per heavy atom. The number of likely N-dealkylation sites (tertiary alicyclic amines) is 1. The van der Waals surface area contributed by atoms with Crippen LogP contribution in [-0.2, 0) is 9.53 Å². The third-order valence-corrected chi connectivity index (χ3v) is 3.54. The number of methoxy groups -OCH3 is 1. The third-order valence-electron chi connectivity index (χ3n) is 3.03. The number of halogens is 2. The molecule has 1 aromatic heterocycles. The standard InChI is InChI=1S/C12H12Cl2N2O4/c1-20-12(19)8-4-6(17)5-16(8)11(18)10-7(13)2-3-9(14)15-10/h2-3,6,8,17H,4-5H2,1H3. The monoisotopic (exact) mass is 318 g/mol. The first-order valence-corrected chi connectivity index (χ1v) is 6.58. The highest BCUT2D eigenvalue weighted by Gasteiger charge is 2.40. The van der Waals surface area contributed by atoms with E-state index in [4.69, 9.17) is 23.2 Å². The lowest BCUT2D eigenvalue weighted by molar-refractivity contribution is -0.145. The van der Waals surface area contributed by atoms with Gasteiger partial charge in [0, 0.05) is 13.0 Å². The molecule has 2 rings (SSSR count). The highest BCUT2D eigenvalue weighted by atomic mass is 35.5. The Morgan fingerprint density at radius 1 is 1.45 bits per heavy atom. The maximum atomic E-state index is 12.4. The number of pyridine rings is 1. The molecule has 0 spiro atoms. The van der Waals surface area contributed by atoms with Crippen LogP contribution in [0.3, 0.4) is 0 Å². The SMILES string of the molecule is COC(=O)C1CC(O)CN1C(=O)c1nc(Cl)ccc1Cl. The zero-order valence-corrected chi connectivity index (χ0v) is 12.1. The van der Waals surface area contributed by atoms with Gasteiger partial charge in [-0.3, -0.25) is 4.79 Å². The number of carbonyl (C=O) groups excluding carboxylic acids is 2. The number of aliphatic hydroxyl groups is 1. The summed E-state index contributed by atoms with van der Waals surface area (Å²) in [5, 5.41) is 9.90. The number of rotatable bonds is 2. The molecule has 1 aromatic rings. The molecule has 0 saturated carbocycles. The maximum Gasteiger partial charge on any atom is 0.328 e. The average molecular weight is 319 g/mol. The van der Waals surface area contributed by atoms with Gasteiger partial charge in [-0.05, 0) is 12.1 Å². The summed E-state index contributed by atoms with van der Waals surface area (Å²) in [6.07, 6.45) is -0.669. The summed E-state index contributed by atoms with van der Waals surface area (Å²) in [5.74, 6) is -1.16. The van der Waals surface area contributed by atoms with Gasteiger partial charge in [-0.2, -0.15) is 0 Å². The maximum absolute atomic E-state index is 12.4. The molecule has 1 N–H and O–H groups in total. The number of hydrogen-bond donors (Lipinski definition) is 1. The number of esters is 1. The van der Waals surface area contributed by atoms with Gasteiger partial charge in [-0.15, -0.1) is 0 Å². The zero-order valence-electron chi connectivity index (χ0n) is 10.5. The molecule has 0 aliphatic carbocycles. The van der Waals surface area contributed by atoms with Gasteiger partial charge in [-0.25, -0.2) is 9.78 Å². The molecule has 0 bridgehead atoms. The van der Waals surface area contributed by atoms with Crippen molar-refractivity contribution in [3.63, 3.8) is 0 Å². The zero-order chi connectivity index (χ0) is 14.9. The van der Waals surface area contributed by atoms with E-state index in [1.54, 1.807) is 0 Å². The van der Waals surface area contributed by atoms with Gasteiger partial charge in [0.05, 0.1) is 18.2 Å². The second-order valence-corrected chi connectivity index (χ2v) is 5.14. The smallest absolute Gasteiger partial charge is 0.328 e. The molecule has 2 heterocycles. The normalized spacial score (nSPS) is 21.9. The summed E-state index contributed by atoms with van der Waals surface area (Å²) in [7, 11) is 1.22. The Bertz CT molecular complexity index is 552. The molecule has 6 nitrogen and oxygen atoms in total. The summed E-state index contributed by atoms with van der Waals surface area (Å²) in [5.41, 5.74) is -0.0535. The van der Waals surface area contributed by atoms with Crippen molar-refractivity contribution < 1.29 is 19.4 Å². The van der Waals surface area contributed by atoms with Crippen molar-refractivity contribution >= 4 is 35.1 Å². The van der Waals surface area contributed by atoms with E-state index in [-0.39, 0.29) is 28.8 Å². The second kappa shape index (κ2) is 5.95. The van der Waals surface area contributed by atoms with Crippen LogP contribution < -0.4 is 0 Å². The first kappa shape index (κ1) is 15.0. The largest absolute Gasteiger partial charge is 0.467 e. The molecule has 20 heavy (non-hydrogen) atoms. The Hall–Kier alpha value is -1.37. The van der Waals surface area contributed by atoms with Crippen LogP contribution in [0.25, 0.3) is 0 Å². The quantitative estimate of drug-likeness (QED) is 0.653. The van der Waals surface area contributed by atoms with Crippen molar-refractivity contribution in [2.45, 2.75) is 18.6 Å². The van der Waals surface area contributed by atoms with E-state index in [1.165, 1.54) is 24.1 Å².